The van der Waals surface area contributed by atoms with E-state index in [1.54, 1.807) is 6.08 Å². The minimum Gasteiger partial charge on any atom is -0.478 e. The Morgan fingerprint density at radius 2 is 1.24 bits per heavy atom. The molecule has 0 saturated heterocycles. The van der Waals surface area contributed by atoms with Crippen LogP contribution in [-0.2, 0) is 4.79 Å². The van der Waals surface area contributed by atoms with Crippen molar-refractivity contribution < 1.29 is 9.90 Å². The number of carboxylic acids is 1. The highest BCUT2D eigenvalue weighted by atomic mass is 16.4. The quantitative estimate of drug-likeness (QED) is 0.392. The van der Waals surface area contributed by atoms with Crippen molar-refractivity contribution in [1.82, 2.24) is 0 Å². The summed E-state index contributed by atoms with van der Waals surface area (Å²) in [7, 11) is 0. The van der Waals surface area contributed by atoms with E-state index in [1.165, 1.54) is 0 Å². The van der Waals surface area contributed by atoms with Gasteiger partial charge in [-0.2, -0.15) is 0 Å². The first kappa shape index (κ1) is 15.2. The number of hydrogen-bond acceptors (Lipinski definition) is 1. The topological polar surface area (TPSA) is 37.3 Å². The number of fused-ring (bicyclic) bond motifs is 2. The lowest BCUT2D eigenvalue weighted by atomic mass is 9.98. The van der Waals surface area contributed by atoms with Crippen molar-refractivity contribution in [2.45, 2.75) is 0 Å². The third-order valence-electron chi connectivity index (χ3n) is 4.38. The molecule has 0 aliphatic heterocycles. The van der Waals surface area contributed by atoms with Gasteiger partial charge in [-0.05, 0) is 50.9 Å². The van der Waals surface area contributed by atoms with Gasteiger partial charge in [0.25, 0.3) is 0 Å². The summed E-state index contributed by atoms with van der Waals surface area (Å²) < 4.78 is 0. The van der Waals surface area contributed by atoms with Gasteiger partial charge in [0.1, 0.15) is 0 Å². The minimum absolute atomic E-state index is 0.293. The molecule has 4 aromatic rings. The molecular weight excluding hydrogens is 308 g/mol. The van der Waals surface area contributed by atoms with Crippen molar-refractivity contribution in [3.05, 3.63) is 96.1 Å². The first-order chi connectivity index (χ1) is 12.2. The van der Waals surface area contributed by atoms with Crippen molar-refractivity contribution in [1.29, 1.82) is 0 Å². The number of aliphatic carboxylic acids is 1. The van der Waals surface area contributed by atoms with Gasteiger partial charge in [0.15, 0.2) is 0 Å². The van der Waals surface area contributed by atoms with Crippen LogP contribution >= 0.6 is 0 Å². The third-order valence-corrected chi connectivity index (χ3v) is 4.38. The van der Waals surface area contributed by atoms with Crippen molar-refractivity contribution in [2.75, 3.05) is 0 Å². The molecule has 0 unspecified atom stereocenters. The van der Waals surface area contributed by atoms with Crippen LogP contribution in [0.1, 0.15) is 11.1 Å². The van der Waals surface area contributed by atoms with Gasteiger partial charge in [-0.1, -0.05) is 72.8 Å². The van der Waals surface area contributed by atoms with Crippen LogP contribution in [0.3, 0.4) is 0 Å². The van der Waals surface area contributed by atoms with E-state index >= 15 is 0 Å². The molecule has 120 valence electrons. The molecule has 0 radical (unpaired) electrons. The molecule has 0 saturated carbocycles. The van der Waals surface area contributed by atoms with Crippen LogP contribution in [0.2, 0.25) is 0 Å². The number of carboxylic acid groups (broad SMARTS) is 1. The van der Waals surface area contributed by atoms with Gasteiger partial charge in [0.05, 0.1) is 5.57 Å². The largest absolute Gasteiger partial charge is 0.478 e. The molecule has 4 rings (SSSR count). The van der Waals surface area contributed by atoms with E-state index in [4.69, 9.17) is 0 Å². The molecule has 0 aliphatic carbocycles. The Labute approximate surface area is 145 Å². The zero-order valence-corrected chi connectivity index (χ0v) is 13.5. The van der Waals surface area contributed by atoms with Gasteiger partial charge in [0.2, 0.25) is 0 Å². The number of benzene rings is 4. The van der Waals surface area contributed by atoms with Gasteiger partial charge < -0.3 is 5.11 Å². The van der Waals surface area contributed by atoms with Crippen LogP contribution in [0.4, 0.5) is 0 Å². The van der Waals surface area contributed by atoms with Crippen molar-refractivity contribution in [3.63, 3.8) is 0 Å². The Morgan fingerprint density at radius 1 is 0.680 bits per heavy atom. The fraction of sp³-hybridized carbons (Fsp3) is 0. The second-order valence-corrected chi connectivity index (χ2v) is 6.03. The zero-order chi connectivity index (χ0) is 17.2. The maximum atomic E-state index is 11.8. The maximum absolute atomic E-state index is 11.8. The Hall–Kier alpha value is -3.39. The molecule has 0 heterocycles. The van der Waals surface area contributed by atoms with Crippen molar-refractivity contribution in [2.24, 2.45) is 0 Å². The van der Waals surface area contributed by atoms with Gasteiger partial charge in [-0.25, -0.2) is 4.79 Å². The minimum atomic E-state index is -0.927. The molecule has 2 nitrogen and oxygen atoms in total. The molecule has 25 heavy (non-hydrogen) atoms. The summed E-state index contributed by atoms with van der Waals surface area (Å²) in [5.74, 6) is -0.927. The first-order valence-corrected chi connectivity index (χ1v) is 8.14. The van der Waals surface area contributed by atoms with Crippen molar-refractivity contribution in [3.8, 4) is 0 Å². The van der Waals surface area contributed by atoms with Gasteiger partial charge in [-0.3, -0.25) is 0 Å². The summed E-state index contributed by atoms with van der Waals surface area (Å²) in [6.07, 6.45) is 1.74. The number of carbonyl (C=O) groups is 1. The molecule has 1 N–H and O–H groups in total. The van der Waals surface area contributed by atoms with E-state index in [-0.39, 0.29) is 0 Å². The lowest BCUT2D eigenvalue weighted by molar-refractivity contribution is -0.130. The Morgan fingerprint density at radius 3 is 1.88 bits per heavy atom. The summed E-state index contributed by atoms with van der Waals surface area (Å²) in [4.78, 5) is 11.8. The van der Waals surface area contributed by atoms with Gasteiger partial charge >= 0.3 is 5.97 Å². The fourth-order valence-corrected chi connectivity index (χ4v) is 3.09. The lowest BCUT2D eigenvalue weighted by Crippen LogP contribution is -1.99. The van der Waals surface area contributed by atoms with E-state index in [0.29, 0.717) is 11.1 Å². The van der Waals surface area contributed by atoms with Crippen molar-refractivity contribution >= 4 is 39.2 Å². The van der Waals surface area contributed by atoms with Crippen LogP contribution < -0.4 is 0 Å². The third kappa shape index (κ3) is 3.02. The summed E-state index contributed by atoms with van der Waals surface area (Å²) >= 11 is 0. The molecule has 0 spiro atoms. The van der Waals surface area contributed by atoms with Gasteiger partial charge in [0, 0.05) is 0 Å². The monoisotopic (exact) mass is 324 g/mol. The Bertz CT molecular complexity index is 1120. The van der Waals surface area contributed by atoms with Crippen LogP contribution in [0.15, 0.2) is 84.9 Å². The molecule has 0 amide bonds. The van der Waals surface area contributed by atoms with E-state index in [1.807, 2.05) is 84.9 Å². The van der Waals surface area contributed by atoms with E-state index in [9.17, 15) is 9.90 Å². The summed E-state index contributed by atoms with van der Waals surface area (Å²) in [6, 6.07) is 27.7. The molecule has 4 aromatic carbocycles. The average Bonchev–Trinajstić information content (AvgIpc) is 2.65. The normalized spacial score (nSPS) is 11.8. The van der Waals surface area contributed by atoms with Crippen LogP contribution in [0, 0.1) is 0 Å². The Balaban J connectivity index is 1.83. The highest BCUT2D eigenvalue weighted by Crippen LogP contribution is 2.25. The SMILES string of the molecule is O=C(O)/C(=C\c1ccc2ccccc2c1)c1ccc2ccccc2c1. The summed E-state index contributed by atoms with van der Waals surface area (Å²) in [5.41, 5.74) is 1.88. The van der Waals surface area contributed by atoms with E-state index in [0.717, 1.165) is 27.1 Å². The molecule has 0 bridgehead atoms. The van der Waals surface area contributed by atoms with Crippen LogP contribution in [-0.4, -0.2) is 11.1 Å². The number of rotatable bonds is 3. The fourth-order valence-electron chi connectivity index (χ4n) is 3.09. The zero-order valence-electron chi connectivity index (χ0n) is 13.5. The predicted octanol–water partition coefficient (Wildman–Crippen LogP) is 5.62. The molecule has 0 fully saturated rings. The van der Waals surface area contributed by atoms with Crippen LogP contribution in [0.5, 0.6) is 0 Å². The second kappa shape index (κ2) is 6.25. The first-order valence-electron chi connectivity index (χ1n) is 8.14. The van der Waals surface area contributed by atoms with E-state index in [2.05, 4.69) is 0 Å². The average molecular weight is 324 g/mol. The highest BCUT2D eigenvalue weighted by molar-refractivity contribution is 6.21. The van der Waals surface area contributed by atoms with Gasteiger partial charge in [-0.15, -0.1) is 0 Å². The standard InChI is InChI=1S/C23H16O2/c24-23(25)22(21-12-11-18-6-2-4-8-20(18)15-21)14-16-9-10-17-5-1-3-7-19(17)13-16/h1-15H,(H,24,25)/b22-14-. The molecule has 0 atom stereocenters. The molecule has 0 aromatic heterocycles. The lowest BCUT2D eigenvalue weighted by Gasteiger charge is -2.06. The summed E-state index contributed by atoms with van der Waals surface area (Å²) in [5, 5.41) is 14.1. The Kier molecular flexibility index (Phi) is 3.79. The second-order valence-electron chi connectivity index (χ2n) is 6.03. The summed E-state index contributed by atoms with van der Waals surface area (Å²) in [6.45, 7) is 0. The molecular formula is C23H16O2. The molecule has 2 heteroatoms. The van der Waals surface area contributed by atoms with E-state index < -0.39 is 5.97 Å². The molecule has 0 aliphatic rings. The number of hydrogen-bond donors (Lipinski definition) is 1. The van der Waals surface area contributed by atoms with Crippen LogP contribution in [0.25, 0.3) is 33.2 Å². The maximum Gasteiger partial charge on any atom is 0.336 e. The smallest absolute Gasteiger partial charge is 0.336 e. The predicted molar refractivity (Wildman–Crippen MR) is 103 cm³/mol. The highest BCUT2D eigenvalue weighted by Gasteiger charge is 2.11.